The highest BCUT2D eigenvalue weighted by molar-refractivity contribution is 7.16. The van der Waals surface area contributed by atoms with Crippen molar-refractivity contribution < 1.29 is 28.5 Å². The molecule has 0 aliphatic heterocycles. The highest BCUT2D eigenvalue weighted by Gasteiger charge is 2.15. The lowest BCUT2D eigenvalue weighted by molar-refractivity contribution is -0.117. The first kappa shape index (κ1) is 23.6. The molecule has 0 aliphatic carbocycles. The number of hydrogen-bond acceptors (Lipinski definition) is 7. The molecule has 0 bridgehead atoms. The summed E-state index contributed by atoms with van der Waals surface area (Å²) in [5.41, 5.74) is 1.65. The van der Waals surface area contributed by atoms with Crippen molar-refractivity contribution in [1.82, 2.24) is 4.57 Å². The quantitative estimate of drug-likeness (QED) is 0.431. The van der Waals surface area contributed by atoms with Gasteiger partial charge < -0.3 is 28.3 Å². The SMILES string of the molecule is CCOCCn1c(=NC(=O)Cc2ccc(OC)cc2OC)sc2cc(OC)c(OC)cc21. The second-order valence-corrected chi connectivity index (χ2v) is 7.78. The summed E-state index contributed by atoms with van der Waals surface area (Å²) in [5.74, 6) is 2.21. The maximum Gasteiger partial charge on any atom is 0.252 e. The molecule has 0 spiro atoms. The molecule has 3 rings (SSSR count). The van der Waals surface area contributed by atoms with E-state index in [0.717, 1.165) is 15.8 Å². The summed E-state index contributed by atoms with van der Waals surface area (Å²) >= 11 is 1.42. The Labute approximate surface area is 191 Å². The maximum absolute atomic E-state index is 12.9. The minimum atomic E-state index is -0.274. The molecular weight excluding hydrogens is 432 g/mol. The van der Waals surface area contributed by atoms with E-state index in [0.29, 0.717) is 47.6 Å². The van der Waals surface area contributed by atoms with Crippen LogP contribution >= 0.6 is 11.3 Å². The molecule has 0 aliphatic rings. The van der Waals surface area contributed by atoms with Crippen molar-refractivity contribution in [2.45, 2.75) is 19.9 Å². The van der Waals surface area contributed by atoms with Gasteiger partial charge in [-0.3, -0.25) is 4.79 Å². The van der Waals surface area contributed by atoms with Crippen LogP contribution in [0.15, 0.2) is 35.3 Å². The van der Waals surface area contributed by atoms with Crippen molar-refractivity contribution in [3.05, 3.63) is 40.7 Å². The Morgan fingerprint density at radius 3 is 2.34 bits per heavy atom. The summed E-state index contributed by atoms with van der Waals surface area (Å²) in [7, 11) is 6.34. The van der Waals surface area contributed by atoms with E-state index in [1.165, 1.54) is 11.3 Å². The number of fused-ring (bicyclic) bond motifs is 1. The number of hydrogen-bond donors (Lipinski definition) is 0. The molecule has 3 aromatic rings. The number of benzene rings is 2. The van der Waals surface area contributed by atoms with Crippen LogP contribution in [0.25, 0.3) is 10.2 Å². The van der Waals surface area contributed by atoms with Gasteiger partial charge in [0.05, 0.1) is 51.7 Å². The van der Waals surface area contributed by atoms with Crippen molar-refractivity contribution in [3.8, 4) is 23.0 Å². The van der Waals surface area contributed by atoms with Crippen LogP contribution < -0.4 is 23.7 Å². The molecule has 0 atom stereocenters. The van der Waals surface area contributed by atoms with Gasteiger partial charge in [0.2, 0.25) is 0 Å². The van der Waals surface area contributed by atoms with Gasteiger partial charge in [-0.05, 0) is 13.0 Å². The molecule has 0 unspecified atom stereocenters. The monoisotopic (exact) mass is 460 g/mol. The van der Waals surface area contributed by atoms with Gasteiger partial charge >= 0.3 is 0 Å². The number of nitrogens with zero attached hydrogens (tertiary/aromatic N) is 2. The van der Waals surface area contributed by atoms with E-state index < -0.39 is 0 Å². The zero-order valence-electron chi connectivity index (χ0n) is 19.0. The van der Waals surface area contributed by atoms with Crippen molar-refractivity contribution >= 4 is 27.5 Å². The minimum Gasteiger partial charge on any atom is -0.497 e. The Morgan fingerprint density at radius 2 is 1.69 bits per heavy atom. The van der Waals surface area contributed by atoms with Gasteiger partial charge in [-0.15, -0.1) is 0 Å². The van der Waals surface area contributed by atoms with Crippen LogP contribution in [0, 0.1) is 0 Å². The lowest BCUT2D eigenvalue weighted by Gasteiger charge is -2.10. The predicted octanol–water partition coefficient (Wildman–Crippen LogP) is 3.44. The Morgan fingerprint density at radius 1 is 0.969 bits per heavy atom. The smallest absolute Gasteiger partial charge is 0.252 e. The molecule has 0 saturated heterocycles. The van der Waals surface area contributed by atoms with Gasteiger partial charge in [-0.25, -0.2) is 0 Å². The van der Waals surface area contributed by atoms with Gasteiger partial charge in [-0.1, -0.05) is 17.4 Å². The first-order chi connectivity index (χ1) is 15.5. The standard InChI is InChI=1S/C23H28N2O6S/c1-6-31-10-9-25-17-13-19(29-4)20(30-5)14-21(17)32-23(25)24-22(26)11-15-7-8-16(27-2)12-18(15)28-3/h7-8,12-14H,6,9-11H2,1-5H3. The molecule has 0 radical (unpaired) electrons. The van der Waals surface area contributed by atoms with Crippen LogP contribution in [0.5, 0.6) is 23.0 Å². The maximum atomic E-state index is 12.9. The van der Waals surface area contributed by atoms with Crippen molar-refractivity contribution in [3.63, 3.8) is 0 Å². The Balaban J connectivity index is 2.01. The lowest BCUT2D eigenvalue weighted by Crippen LogP contribution is -2.20. The van der Waals surface area contributed by atoms with Crippen molar-refractivity contribution in [1.29, 1.82) is 0 Å². The third kappa shape index (κ3) is 5.23. The van der Waals surface area contributed by atoms with Crippen LogP contribution in [0.4, 0.5) is 0 Å². The summed E-state index contributed by atoms with van der Waals surface area (Å²) in [5, 5.41) is 0. The number of rotatable bonds is 10. The summed E-state index contributed by atoms with van der Waals surface area (Å²) in [6, 6.07) is 9.15. The van der Waals surface area contributed by atoms with E-state index in [1.807, 2.05) is 29.7 Å². The molecule has 1 aromatic heterocycles. The van der Waals surface area contributed by atoms with Crippen LogP contribution in [0.3, 0.4) is 0 Å². The third-order valence-electron chi connectivity index (χ3n) is 4.91. The molecular formula is C23H28N2O6S. The zero-order chi connectivity index (χ0) is 23.1. The summed E-state index contributed by atoms with van der Waals surface area (Å²) in [4.78, 5) is 17.9. The highest BCUT2D eigenvalue weighted by Crippen LogP contribution is 2.33. The van der Waals surface area contributed by atoms with E-state index in [4.69, 9.17) is 23.7 Å². The molecule has 1 heterocycles. The fraction of sp³-hybridized carbons (Fsp3) is 0.391. The first-order valence-corrected chi connectivity index (χ1v) is 11.0. The second kappa shape index (κ2) is 11.0. The fourth-order valence-corrected chi connectivity index (χ4v) is 4.39. The number of amides is 1. The Kier molecular flexibility index (Phi) is 8.13. The summed E-state index contributed by atoms with van der Waals surface area (Å²) in [6.45, 7) is 3.62. The van der Waals surface area contributed by atoms with E-state index in [9.17, 15) is 4.79 Å². The average Bonchev–Trinajstić information content (AvgIpc) is 3.14. The number of carbonyl (C=O) groups is 1. The van der Waals surface area contributed by atoms with E-state index >= 15 is 0 Å². The van der Waals surface area contributed by atoms with E-state index in [1.54, 1.807) is 40.6 Å². The van der Waals surface area contributed by atoms with E-state index in [2.05, 4.69) is 4.99 Å². The lowest BCUT2D eigenvalue weighted by atomic mass is 10.1. The predicted molar refractivity (Wildman–Crippen MR) is 123 cm³/mol. The van der Waals surface area contributed by atoms with Gasteiger partial charge in [0.1, 0.15) is 11.5 Å². The van der Waals surface area contributed by atoms with Crippen molar-refractivity contribution in [2.75, 3.05) is 41.7 Å². The average molecular weight is 461 g/mol. The van der Waals surface area contributed by atoms with Gasteiger partial charge in [-0.2, -0.15) is 4.99 Å². The largest absolute Gasteiger partial charge is 0.497 e. The Hall–Kier alpha value is -3.04. The third-order valence-corrected chi connectivity index (χ3v) is 5.95. The fourth-order valence-electron chi connectivity index (χ4n) is 3.31. The van der Waals surface area contributed by atoms with Crippen molar-refractivity contribution in [2.24, 2.45) is 4.99 Å². The number of thiazole rings is 1. The van der Waals surface area contributed by atoms with Gasteiger partial charge in [0.15, 0.2) is 16.3 Å². The molecule has 9 heteroatoms. The minimum absolute atomic E-state index is 0.111. The van der Waals surface area contributed by atoms with Crippen LogP contribution in [-0.4, -0.2) is 52.1 Å². The molecule has 1 amide bonds. The van der Waals surface area contributed by atoms with Gasteiger partial charge in [0.25, 0.3) is 5.91 Å². The molecule has 172 valence electrons. The molecule has 2 aromatic carbocycles. The molecule has 32 heavy (non-hydrogen) atoms. The number of methoxy groups -OCH3 is 4. The van der Waals surface area contributed by atoms with Crippen LogP contribution in [-0.2, 0) is 22.5 Å². The summed E-state index contributed by atoms with van der Waals surface area (Å²) < 4.78 is 30.0. The first-order valence-electron chi connectivity index (χ1n) is 10.2. The molecule has 0 N–H and O–H groups in total. The number of ether oxygens (including phenoxy) is 5. The molecule has 0 fully saturated rings. The van der Waals surface area contributed by atoms with Gasteiger partial charge in [0, 0.05) is 36.9 Å². The summed E-state index contributed by atoms with van der Waals surface area (Å²) in [6.07, 6.45) is 0.111. The molecule has 8 nitrogen and oxygen atoms in total. The normalized spacial score (nSPS) is 11.6. The number of aromatic nitrogens is 1. The van der Waals surface area contributed by atoms with Crippen LogP contribution in [0.2, 0.25) is 0 Å². The Bertz CT molecular complexity index is 1150. The topological polar surface area (TPSA) is 80.5 Å². The number of carbonyl (C=O) groups excluding carboxylic acids is 1. The van der Waals surface area contributed by atoms with E-state index in [-0.39, 0.29) is 12.3 Å². The zero-order valence-corrected chi connectivity index (χ0v) is 19.8. The molecule has 0 saturated carbocycles. The highest BCUT2D eigenvalue weighted by atomic mass is 32.1. The second-order valence-electron chi connectivity index (χ2n) is 6.77. The van der Waals surface area contributed by atoms with Crippen LogP contribution in [0.1, 0.15) is 12.5 Å².